The van der Waals surface area contributed by atoms with Gasteiger partial charge in [-0.05, 0) is 51.3 Å². The fourth-order valence-electron chi connectivity index (χ4n) is 3.04. The smallest absolute Gasteiger partial charge is 0.480 e. The van der Waals surface area contributed by atoms with Crippen molar-refractivity contribution >= 4 is 24.2 Å². The maximum absolute atomic E-state index is 12.3. The van der Waals surface area contributed by atoms with Gasteiger partial charge in [0.05, 0.1) is 5.92 Å². The van der Waals surface area contributed by atoms with Gasteiger partial charge in [0, 0.05) is 12.8 Å². The van der Waals surface area contributed by atoms with Gasteiger partial charge in [0.25, 0.3) is 0 Å². The van der Waals surface area contributed by atoms with Crippen LogP contribution in [0.5, 0.6) is 11.5 Å². The summed E-state index contributed by atoms with van der Waals surface area (Å²) in [6, 6.07) is 4.15. The molecule has 3 N–H and O–H groups in total. The fraction of sp³-hybridized carbons (Fsp3) is 0.615. The van der Waals surface area contributed by atoms with E-state index in [-0.39, 0.29) is 30.3 Å². The monoisotopic (exact) mass is 525 g/mol. The summed E-state index contributed by atoms with van der Waals surface area (Å²) in [6.07, 6.45) is -2.88. The number of rotatable bonds is 13. The lowest BCUT2D eigenvalue weighted by atomic mass is 9.86. The molecule has 4 atom stereocenters. The molecule has 0 aliphatic heterocycles. The van der Waals surface area contributed by atoms with E-state index < -0.39 is 48.1 Å². The third-order valence-corrected chi connectivity index (χ3v) is 5.53. The second-order valence-electron chi connectivity index (χ2n) is 9.40. The van der Waals surface area contributed by atoms with Crippen LogP contribution in [0.4, 0.5) is 9.59 Å². The van der Waals surface area contributed by atoms with Gasteiger partial charge >= 0.3 is 24.2 Å². The van der Waals surface area contributed by atoms with E-state index in [1.165, 1.54) is 18.2 Å². The SMILES string of the molecule is CCC(C)OC(=O)Oc1ccc(CC(N)(C[C@H](C)OC(=O)C(C)C)C(=O)O)cc1OC(=O)OC(C)CC. The summed E-state index contributed by atoms with van der Waals surface area (Å²) in [5.41, 5.74) is 4.77. The molecule has 0 heterocycles. The number of hydrogen-bond acceptors (Lipinski definition) is 10. The molecule has 1 aromatic rings. The minimum Gasteiger partial charge on any atom is -0.480 e. The lowest BCUT2D eigenvalue weighted by Crippen LogP contribution is -2.52. The molecule has 0 spiro atoms. The Kier molecular flexibility index (Phi) is 12.3. The molecule has 0 saturated carbocycles. The van der Waals surface area contributed by atoms with E-state index in [4.69, 9.17) is 29.4 Å². The van der Waals surface area contributed by atoms with Crippen LogP contribution in [0.3, 0.4) is 0 Å². The summed E-state index contributed by atoms with van der Waals surface area (Å²) in [7, 11) is 0. The van der Waals surface area contributed by atoms with E-state index >= 15 is 0 Å². The zero-order valence-electron chi connectivity index (χ0n) is 22.6. The Morgan fingerprint density at radius 3 is 1.81 bits per heavy atom. The summed E-state index contributed by atoms with van der Waals surface area (Å²) in [6.45, 7) is 11.9. The topological polar surface area (TPSA) is 161 Å². The van der Waals surface area contributed by atoms with Crippen LogP contribution in [0, 0.1) is 5.92 Å². The van der Waals surface area contributed by atoms with Crippen molar-refractivity contribution in [2.75, 3.05) is 0 Å². The molecule has 0 amide bonds. The summed E-state index contributed by atoms with van der Waals surface area (Å²) in [5.74, 6) is -2.47. The first-order chi connectivity index (χ1) is 17.2. The highest BCUT2D eigenvalue weighted by Crippen LogP contribution is 2.32. The summed E-state index contributed by atoms with van der Waals surface area (Å²) >= 11 is 0. The van der Waals surface area contributed by atoms with Crippen molar-refractivity contribution in [1.82, 2.24) is 0 Å². The van der Waals surface area contributed by atoms with Gasteiger partial charge in [-0.25, -0.2) is 9.59 Å². The van der Waals surface area contributed by atoms with Crippen molar-refractivity contribution in [1.29, 1.82) is 0 Å². The third-order valence-electron chi connectivity index (χ3n) is 5.53. The molecule has 1 aromatic carbocycles. The molecule has 11 heteroatoms. The highest BCUT2D eigenvalue weighted by Gasteiger charge is 2.37. The molecule has 1 rings (SSSR count). The first-order valence-corrected chi connectivity index (χ1v) is 12.3. The predicted octanol–water partition coefficient (Wildman–Crippen LogP) is 4.62. The van der Waals surface area contributed by atoms with Crippen LogP contribution >= 0.6 is 0 Å². The molecular formula is C26H39NO10. The van der Waals surface area contributed by atoms with Gasteiger partial charge in [-0.3, -0.25) is 9.59 Å². The Morgan fingerprint density at radius 1 is 0.838 bits per heavy atom. The standard InChI is InChI=1S/C26H39NO10/c1-8-16(5)34-24(31)36-20-11-10-19(12-21(20)37-25(32)35-17(6)9-2)14-26(27,23(29)30)13-18(7)33-22(28)15(3)4/h10-12,15-18H,8-9,13-14,27H2,1-7H3,(H,29,30)/t16?,17?,18-,26?/m0/s1. The van der Waals surface area contributed by atoms with Crippen molar-refractivity contribution < 1.29 is 48.0 Å². The number of esters is 1. The average Bonchev–Trinajstić information content (AvgIpc) is 2.79. The lowest BCUT2D eigenvalue weighted by molar-refractivity contribution is -0.156. The zero-order valence-corrected chi connectivity index (χ0v) is 22.6. The molecule has 37 heavy (non-hydrogen) atoms. The maximum atomic E-state index is 12.3. The van der Waals surface area contributed by atoms with Crippen molar-refractivity contribution in [3.8, 4) is 11.5 Å². The van der Waals surface area contributed by atoms with Crippen LogP contribution in [0.25, 0.3) is 0 Å². The van der Waals surface area contributed by atoms with Crippen LogP contribution < -0.4 is 15.2 Å². The third kappa shape index (κ3) is 10.7. The number of aliphatic carboxylic acids is 1. The Hall–Kier alpha value is -3.34. The average molecular weight is 526 g/mol. The number of hydrogen-bond donors (Lipinski definition) is 2. The van der Waals surface area contributed by atoms with Crippen LogP contribution in [-0.2, 0) is 30.2 Å². The molecule has 0 fully saturated rings. The van der Waals surface area contributed by atoms with Gasteiger partial charge in [-0.15, -0.1) is 0 Å². The van der Waals surface area contributed by atoms with Crippen LogP contribution in [0.1, 0.15) is 73.3 Å². The van der Waals surface area contributed by atoms with Crippen molar-refractivity contribution in [3.63, 3.8) is 0 Å². The van der Waals surface area contributed by atoms with Gasteiger partial charge in [0.2, 0.25) is 0 Å². The molecule has 0 radical (unpaired) electrons. The first-order valence-electron chi connectivity index (χ1n) is 12.3. The molecular weight excluding hydrogens is 486 g/mol. The predicted molar refractivity (Wildman–Crippen MR) is 133 cm³/mol. The second-order valence-corrected chi connectivity index (χ2v) is 9.40. The Morgan fingerprint density at radius 2 is 1.35 bits per heavy atom. The van der Waals surface area contributed by atoms with Crippen LogP contribution in [-0.4, -0.2) is 53.2 Å². The Bertz CT molecular complexity index is 947. The number of ether oxygens (including phenoxy) is 5. The van der Waals surface area contributed by atoms with Gasteiger partial charge in [-0.2, -0.15) is 0 Å². The van der Waals surface area contributed by atoms with E-state index in [9.17, 15) is 24.3 Å². The molecule has 0 saturated heterocycles. The molecule has 208 valence electrons. The van der Waals surface area contributed by atoms with Gasteiger partial charge in [0.1, 0.15) is 23.9 Å². The molecule has 0 aliphatic carbocycles. The highest BCUT2D eigenvalue weighted by molar-refractivity contribution is 5.79. The molecule has 0 aliphatic rings. The van der Waals surface area contributed by atoms with E-state index in [0.717, 1.165) is 0 Å². The zero-order chi connectivity index (χ0) is 28.3. The van der Waals surface area contributed by atoms with Crippen LogP contribution in [0.2, 0.25) is 0 Å². The number of nitrogens with two attached hydrogens (primary N) is 1. The first kappa shape index (κ1) is 31.7. The van der Waals surface area contributed by atoms with E-state index in [1.54, 1.807) is 34.6 Å². The maximum Gasteiger partial charge on any atom is 0.514 e. The molecule has 11 nitrogen and oxygen atoms in total. The summed E-state index contributed by atoms with van der Waals surface area (Å²) in [4.78, 5) is 48.4. The van der Waals surface area contributed by atoms with E-state index in [2.05, 4.69) is 0 Å². The van der Waals surface area contributed by atoms with E-state index in [0.29, 0.717) is 18.4 Å². The van der Waals surface area contributed by atoms with Crippen molar-refractivity contribution in [2.24, 2.45) is 11.7 Å². The summed E-state index contributed by atoms with van der Waals surface area (Å²) in [5, 5.41) is 9.85. The number of carboxylic acid groups (broad SMARTS) is 1. The molecule has 3 unspecified atom stereocenters. The number of carbonyl (C=O) groups is 4. The number of benzene rings is 1. The Labute approximate surface area is 217 Å². The fourth-order valence-corrected chi connectivity index (χ4v) is 3.04. The molecule has 0 aromatic heterocycles. The minimum atomic E-state index is -1.82. The number of carbonyl (C=O) groups excluding carboxylic acids is 3. The van der Waals surface area contributed by atoms with E-state index in [1.807, 2.05) is 13.8 Å². The minimum absolute atomic E-state index is 0.129. The lowest BCUT2D eigenvalue weighted by Gasteiger charge is -2.28. The quantitative estimate of drug-likeness (QED) is 0.210. The van der Waals surface area contributed by atoms with Gasteiger partial charge in [0.15, 0.2) is 11.5 Å². The van der Waals surface area contributed by atoms with Crippen molar-refractivity contribution in [3.05, 3.63) is 23.8 Å². The summed E-state index contributed by atoms with van der Waals surface area (Å²) < 4.78 is 26.0. The van der Waals surface area contributed by atoms with Crippen LogP contribution in [0.15, 0.2) is 18.2 Å². The number of carboxylic acids is 1. The largest absolute Gasteiger partial charge is 0.514 e. The normalized spacial score (nSPS) is 15.1. The van der Waals surface area contributed by atoms with Crippen molar-refractivity contribution in [2.45, 2.75) is 98.0 Å². The Balaban J connectivity index is 3.22. The van der Waals surface area contributed by atoms with Gasteiger partial charge < -0.3 is 34.5 Å². The highest BCUT2D eigenvalue weighted by atomic mass is 16.7. The second kappa shape index (κ2) is 14.4. The van der Waals surface area contributed by atoms with Gasteiger partial charge in [-0.1, -0.05) is 33.8 Å². The molecule has 0 bridgehead atoms.